The minimum Gasteiger partial charge on any atom is -0.497 e. The molecule has 29 heavy (non-hydrogen) atoms. The number of methoxy groups -OCH3 is 1. The number of halogens is 2. The van der Waals surface area contributed by atoms with E-state index >= 15 is 0 Å². The summed E-state index contributed by atoms with van der Waals surface area (Å²) in [4.78, 5) is 11.6. The molecule has 5 heteroatoms. The van der Waals surface area contributed by atoms with Gasteiger partial charge in [-0.2, -0.15) is 0 Å². The molecular formula is C24H22F2O3. The first kappa shape index (κ1) is 20.5. The summed E-state index contributed by atoms with van der Waals surface area (Å²) in [7, 11) is 1.58. The van der Waals surface area contributed by atoms with Crippen LogP contribution in [0.25, 0.3) is 11.1 Å². The Bertz CT molecular complexity index is 936. The first-order valence-electron chi connectivity index (χ1n) is 9.28. The number of alkyl halides is 2. The number of carboxylic acids is 1. The summed E-state index contributed by atoms with van der Waals surface area (Å²) in [5, 5.41) is 9.44. The first-order chi connectivity index (χ1) is 13.9. The van der Waals surface area contributed by atoms with Crippen molar-refractivity contribution in [1.29, 1.82) is 0 Å². The van der Waals surface area contributed by atoms with Gasteiger partial charge in [-0.3, -0.25) is 4.79 Å². The third-order valence-electron chi connectivity index (χ3n) is 4.91. The molecule has 0 aromatic heterocycles. The van der Waals surface area contributed by atoms with Crippen LogP contribution in [0.3, 0.4) is 0 Å². The third-order valence-corrected chi connectivity index (χ3v) is 4.91. The van der Waals surface area contributed by atoms with E-state index in [4.69, 9.17) is 4.74 Å². The van der Waals surface area contributed by atoms with Crippen LogP contribution >= 0.6 is 0 Å². The Morgan fingerprint density at radius 1 is 0.931 bits per heavy atom. The van der Waals surface area contributed by atoms with Crippen molar-refractivity contribution in [2.75, 3.05) is 7.11 Å². The number of aliphatic carboxylic acids is 1. The molecule has 3 aromatic rings. The second-order valence-electron chi connectivity index (χ2n) is 6.94. The van der Waals surface area contributed by atoms with Crippen LogP contribution in [0.5, 0.6) is 5.75 Å². The van der Waals surface area contributed by atoms with Crippen LogP contribution in [0.15, 0.2) is 78.9 Å². The maximum Gasteiger partial charge on any atom is 0.307 e. The van der Waals surface area contributed by atoms with Gasteiger partial charge in [0.2, 0.25) is 0 Å². The van der Waals surface area contributed by atoms with E-state index in [9.17, 15) is 18.7 Å². The molecular weight excluding hydrogens is 374 g/mol. The topological polar surface area (TPSA) is 46.5 Å². The summed E-state index contributed by atoms with van der Waals surface area (Å²) in [5.41, 5.74) is 2.22. The smallest absolute Gasteiger partial charge is 0.307 e. The summed E-state index contributed by atoms with van der Waals surface area (Å²) in [6.07, 6.45) is -0.686. The average molecular weight is 396 g/mol. The number of benzene rings is 3. The van der Waals surface area contributed by atoms with Crippen LogP contribution in [0.1, 0.15) is 17.5 Å². The maximum atomic E-state index is 14.8. The monoisotopic (exact) mass is 396 g/mol. The first-order valence-corrected chi connectivity index (χ1v) is 9.28. The molecule has 3 aromatic carbocycles. The van der Waals surface area contributed by atoms with Crippen LogP contribution in [0.4, 0.5) is 8.78 Å². The molecule has 0 aliphatic carbocycles. The highest BCUT2D eigenvalue weighted by molar-refractivity contribution is 5.70. The van der Waals surface area contributed by atoms with Gasteiger partial charge in [-0.1, -0.05) is 66.7 Å². The molecule has 1 N–H and O–H groups in total. The summed E-state index contributed by atoms with van der Waals surface area (Å²) < 4.78 is 34.8. The molecule has 1 atom stereocenters. The van der Waals surface area contributed by atoms with E-state index in [1.54, 1.807) is 61.7 Å². The number of carboxylic acid groups (broad SMARTS) is 1. The maximum absolute atomic E-state index is 14.8. The van der Waals surface area contributed by atoms with Crippen LogP contribution in [0.2, 0.25) is 0 Å². The number of hydrogen-bond donors (Lipinski definition) is 1. The molecule has 3 nitrogen and oxygen atoms in total. The molecule has 3 rings (SSSR count). The number of rotatable bonds is 8. The summed E-state index contributed by atoms with van der Waals surface area (Å²) >= 11 is 0. The zero-order valence-corrected chi connectivity index (χ0v) is 16.0. The SMILES string of the molecule is COc1ccc(-c2ccc(C(F)(F)CC(Cc3ccccc3)C(=O)O)cc2)cc1. The number of carbonyl (C=O) groups is 1. The molecule has 0 aliphatic rings. The molecule has 0 fully saturated rings. The second-order valence-corrected chi connectivity index (χ2v) is 6.94. The predicted molar refractivity (Wildman–Crippen MR) is 108 cm³/mol. The van der Waals surface area contributed by atoms with E-state index in [1.165, 1.54) is 12.1 Å². The highest BCUT2D eigenvalue weighted by Gasteiger charge is 2.37. The average Bonchev–Trinajstić information content (AvgIpc) is 2.74. The summed E-state index contributed by atoms with van der Waals surface area (Å²) in [6.45, 7) is 0. The van der Waals surface area contributed by atoms with Crippen molar-refractivity contribution in [2.45, 2.75) is 18.8 Å². The Hall–Kier alpha value is -3.21. The normalized spacial score (nSPS) is 12.4. The van der Waals surface area contributed by atoms with Gasteiger partial charge in [0, 0.05) is 12.0 Å². The second kappa shape index (κ2) is 8.86. The lowest BCUT2D eigenvalue weighted by Gasteiger charge is -2.21. The fourth-order valence-corrected chi connectivity index (χ4v) is 3.26. The van der Waals surface area contributed by atoms with Crippen LogP contribution in [-0.2, 0) is 17.1 Å². The lowest BCUT2D eigenvalue weighted by Crippen LogP contribution is -2.25. The van der Waals surface area contributed by atoms with Gasteiger partial charge < -0.3 is 9.84 Å². The fourth-order valence-electron chi connectivity index (χ4n) is 3.26. The molecule has 0 bridgehead atoms. The molecule has 0 amide bonds. The number of ether oxygens (including phenoxy) is 1. The quantitative estimate of drug-likeness (QED) is 0.524. The minimum atomic E-state index is -3.24. The van der Waals surface area contributed by atoms with Crippen molar-refractivity contribution in [3.8, 4) is 16.9 Å². The fraction of sp³-hybridized carbons (Fsp3) is 0.208. The lowest BCUT2D eigenvalue weighted by atomic mass is 9.90. The molecule has 0 aliphatic heterocycles. The summed E-state index contributed by atoms with van der Waals surface area (Å²) in [6, 6.07) is 22.1. The van der Waals surface area contributed by atoms with Crippen molar-refractivity contribution in [3.05, 3.63) is 90.0 Å². The highest BCUT2D eigenvalue weighted by atomic mass is 19.3. The zero-order chi connectivity index (χ0) is 20.9. The van der Waals surface area contributed by atoms with Gasteiger partial charge in [0.1, 0.15) is 5.75 Å². The molecule has 0 saturated carbocycles. The van der Waals surface area contributed by atoms with Gasteiger partial charge in [-0.15, -0.1) is 0 Å². The Labute approximate surface area is 168 Å². The van der Waals surface area contributed by atoms with Gasteiger partial charge in [-0.05, 0) is 35.2 Å². The van der Waals surface area contributed by atoms with E-state index in [1.807, 2.05) is 12.1 Å². The van der Waals surface area contributed by atoms with Crippen LogP contribution in [0, 0.1) is 5.92 Å². The number of hydrogen-bond acceptors (Lipinski definition) is 2. The lowest BCUT2D eigenvalue weighted by molar-refractivity contribution is -0.145. The van der Waals surface area contributed by atoms with Gasteiger partial charge in [0.15, 0.2) is 0 Å². The van der Waals surface area contributed by atoms with Crippen molar-refractivity contribution in [1.82, 2.24) is 0 Å². The third kappa shape index (κ3) is 5.19. The molecule has 0 radical (unpaired) electrons. The van der Waals surface area contributed by atoms with E-state index in [-0.39, 0.29) is 12.0 Å². The van der Waals surface area contributed by atoms with Gasteiger partial charge in [0.25, 0.3) is 5.92 Å². The van der Waals surface area contributed by atoms with Gasteiger partial charge in [0.05, 0.1) is 13.0 Å². The Morgan fingerprint density at radius 3 is 2.00 bits per heavy atom. The molecule has 0 heterocycles. The molecule has 150 valence electrons. The van der Waals surface area contributed by atoms with Crippen molar-refractivity contribution < 1.29 is 23.4 Å². The minimum absolute atomic E-state index is 0.0652. The predicted octanol–water partition coefficient (Wildman–Crippen LogP) is 5.79. The Balaban J connectivity index is 1.75. The van der Waals surface area contributed by atoms with Crippen LogP contribution < -0.4 is 4.74 Å². The highest BCUT2D eigenvalue weighted by Crippen LogP contribution is 2.37. The van der Waals surface area contributed by atoms with Crippen LogP contribution in [-0.4, -0.2) is 18.2 Å². The van der Waals surface area contributed by atoms with Crippen molar-refractivity contribution in [3.63, 3.8) is 0 Å². The summed E-state index contributed by atoms with van der Waals surface area (Å²) in [5.74, 6) is -4.91. The Kier molecular flexibility index (Phi) is 6.27. The zero-order valence-electron chi connectivity index (χ0n) is 16.0. The molecule has 1 unspecified atom stereocenters. The Morgan fingerprint density at radius 2 is 1.48 bits per heavy atom. The molecule has 0 spiro atoms. The van der Waals surface area contributed by atoms with E-state index in [0.717, 1.165) is 22.4 Å². The van der Waals surface area contributed by atoms with E-state index < -0.39 is 24.2 Å². The van der Waals surface area contributed by atoms with Crippen molar-refractivity contribution in [2.24, 2.45) is 5.92 Å². The van der Waals surface area contributed by atoms with E-state index in [2.05, 4.69) is 0 Å². The van der Waals surface area contributed by atoms with E-state index in [0.29, 0.717) is 0 Å². The molecule has 0 saturated heterocycles. The van der Waals surface area contributed by atoms with Gasteiger partial charge >= 0.3 is 5.97 Å². The van der Waals surface area contributed by atoms with Crippen molar-refractivity contribution >= 4 is 5.97 Å². The standard InChI is InChI=1S/C24H22F2O3/c1-29-22-13-9-19(10-14-22)18-7-11-21(12-8-18)24(25,26)16-20(23(27)28)15-17-5-3-2-4-6-17/h2-14,20H,15-16H2,1H3,(H,27,28). The largest absolute Gasteiger partial charge is 0.497 e. The van der Waals surface area contributed by atoms with Gasteiger partial charge in [-0.25, -0.2) is 8.78 Å².